The minimum atomic E-state index is 1.26. The zero-order valence-electron chi connectivity index (χ0n) is 20.9. The highest BCUT2D eigenvalue weighted by Gasteiger charge is 2.17. The summed E-state index contributed by atoms with van der Waals surface area (Å²) in [6.45, 7) is 0. The van der Waals surface area contributed by atoms with Gasteiger partial charge in [-0.2, -0.15) is 0 Å². The maximum Gasteiger partial charge on any atom is -0.00204 e. The first-order chi connectivity index (χ1) is 18.9. The molecule has 0 N–H and O–H groups in total. The second-order valence-electron chi connectivity index (χ2n) is 10.1. The second-order valence-corrected chi connectivity index (χ2v) is 10.1. The predicted octanol–water partition coefficient (Wildman–Crippen LogP) is 10.8. The summed E-state index contributed by atoms with van der Waals surface area (Å²) in [5.41, 5.74) is 5.11. The summed E-state index contributed by atoms with van der Waals surface area (Å²) in [5.74, 6) is 0. The molecule has 0 aliphatic rings. The van der Waals surface area contributed by atoms with Crippen molar-refractivity contribution in [3.05, 3.63) is 146 Å². The molecule has 0 radical (unpaired) electrons. The number of benzene rings is 8. The van der Waals surface area contributed by atoms with Gasteiger partial charge in [-0.25, -0.2) is 0 Å². The van der Waals surface area contributed by atoms with E-state index in [0.717, 1.165) is 0 Å². The van der Waals surface area contributed by atoms with E-state index < -0.39 is 0 Å². The van der Waals surface area contributed by atoms with Crippen LogP contribution in [0.15, 0.2) is 146 Å². The molecule has 0 amide bonds. The van der Waals surface area contributed by atoms with Crippen molar-refractivity contribution in [2.75, 3.05) is 0 Å². The van der Waals surface area contributed by atoms with E-state index in [1.54, 1.807) is 0 Å². The van der Waals surface area contributed by atoms with Crippen LogP contribution in [0.1, 0.15) is 0 Å². The molecule has 0 saturated carbocycles. The van der Waals surface area contributed by atoms with Crippen LogP contribution in [0.3, 0.4) is 0 Å². The summed E-state index contributed by atoms with van der Waals surface area (Å²) in [4.78, 5) is 0. The molecule has 8 aromatic carbocycles. The SMILES string of the molecule is c1ccc2c(-c3cccc4c3ccc3ccccc34)c(-c3cccc4c3ccc3ccccc34)ccc2c1. The van der Waals surface area contributed by atoms with Crippen molar-refractivity contribution in [2.24, 2.45) is 0 Å². The lowest BCUT2D eigenvalue weighted by Crippen LogP contribution is -1.91. The first kappa shape index (κ1) is 21.2. The lowest BCUT2D eigenvalue weighted by molar-refractivity contribution is 1.66. The predicted molar refractivity (Wildman–Crippen MR) is 165 cm³/mol. The third-order valence-corrected chi connectivity index (χ3v) is 8.06. The van der Waals surface area contributed by atoms with E-state index in [-0.39, 0.29) is 0 Å². The Morgan fingerprint density at radius 2 is 0.658 bits per heavy atom. The first-order valence-electron chi connectivity index (χ1n) is 13.2. The molecule has 0 heteroatoms. The van der Waals surface area contributed by atoms with Gasteiger partial charge in [0.05, 0.1) is 0 Å². The van der Waals surface area contributed by atoms with Crippen molar-refractivity contribution in [1.29, 1.82) is 0 Å². The number of hydrogen-bond acceptors (Lipinski definition) is 0. The third-order valence-electron chi connectivity index (χ3n) is 8.06. The Labute approximate surface area is 221 Å². The van der Waals surface area contributed by atoms with E-state index >= 15 is 0 Å². The Bertz CT molecular complexity index is 2180. The highest BCUT2D eigenvalue weighted by atomic mass is 14.2. The smallest absolute Gasteiger partial charge is 0.00204 e. The molecule has 38 heavy (non-hydrogen) atoms. The van der Waals surface area contributed by atoms with Crippen LogP contribution in [-0.2, 0) is 0 Å². The average molecular weight is 481 g/mol. The number of fused-ring (bicyclic) bond motifs is 7. The minimum Gasteiger partial charge on any atom is -0.0616 e. The lowest BCUT2D eigenvalue weighted by atomic mass is 9.85. The van der Waals surface area contributed by atoms with E-state index in [2.05, 4.69) is 146 Å². The van der Waals surface area contributed by atoms with Crippen LogP contribution in [0.4, 0.5) is 0 Å². The summed E-state index contributed by atoms with van der Waals surface area (Å²) in [7, 11) is 0. The molecule has 0 atom stereocenters. The van der Waals surface area contributed by atoms with Crippen molar-refractivity contribution in [3.63, 3.8) is 0 Å². The molecule has 0 fully saturated rings. The maximum atomic E-state index is 2.32. The van der Waals surface area contributed by atoms with Crippen LogP contribution in [0.2, 0.25) is 0 Å². The molecule has 0 unspecified atom stereocenters. The molecule has 0 nitrogen and oxygen atoms in total. The lowest BCUT2D eigenvalue weighted by Gasteiger charge is -2.18. The molecular weight excluding hydrogens is 456 g/mol. The van der Waals surface area contributed by atoms with E-state index in [1.165, 1.54) is 76.1 Å². The molecule has 0 aromatic heterocycles. The normalized spacial score (nSPS) is 11.7. The Kier molecular flexibility index (Phi) is 4.62. The summed E-state index contributed by atoms with van der Waals surface area (Å²) in [6, 6.07) is 53.4. The van der Waals surface area contributed by atoms with Gasteiger partial charge in [0.2, 0.25) is 0 Å². The van der Waals surface area contributed by atoms with Gasteiger partial charge in [0, 0.05) is 0 Å². The molecule has 0 spiro atoms. The highest BCUT2D eigenvalue weighted by Crippen LogP contribution is 2.44. The van der Waals surface area contributed by atoms with Crippen LogP contribution in [0.25, 0.3) is 76.1 Å². The molecule has 0 aliphatic carbocycles. The monoisotopic (exact) mass is 480 g/mol. The largest absolute Gasteiger partial charge is 0.0616 e. The Morgan fingerprint density at radius 1 is 0.211 bits per heavy atom. The summed E-state index contributed by atoms with van der Waals surface area (Å²) in [6.07, 6.45) is 0. The van der Waals surface area contributed by atoms with Gasteiger partial charge in [0.15, 0.2) is 0 Å². The fourth-order valence-electron chi connectivity index (χ4n) is 6.32. The molecular formula is C38H24. The fourth-order valence-corrected chi connectivity index (χ4v) is 6.32. The van der Waals surface area contributed by atoms with Crippen LogP contribution in [0.5, 0.6) is 0 Å². The molecule has 0 saturated heterocycles. The summed E-state index contributed by atoms with van der Waals surface area (Å²) in [5, 5.41) is 12.8. The van der Waals surface area contributed by atoms with Crippen molar-refractivity contribution < 1.29 is 0 Å². The van der Waals surface area contributed by atoms with Gasteiger partial charge in [-0.3, -0.25) is 0 Å². The molecule has 0 bridgehead atoms. The van der Waals surface area contributed by atoms with Crippen LogP contribution in [0, 0.1) is 0 Å². The van der Waals surface area contributed by atoms with Gasteiger partial charge in [-0.1, -0.05) is 146 Å². The van der Waals surface area contributed by atoms with Gasteiger partial charge >= 0.3 is 0 Å². The fraction of sp³-hybridized carbons (Fsp3) is 0. The summed E-state index contributed by atoms with van der Waals surface area (Å²) >= 11 is 0. The van der Waals surface area contributed by atoms with E-state index in [4.69, 9.17) is 0 Å². The minimum absolute atomic E-state index is 1.26. The average Bonchev–Trinajstić information content (AvgIpc) is 2.99. The van der Waals surface area contributed by atoms with Crippen molar-refractivity contribution in [2.45, 2.75) is 0 Å². The quantitative estimate of drug-likeness (QED) is 0.216. The molecule has 8 rings (SSSR count). The zero-order chi connectivity index (χ0) is 25.1. The first-order valence-corrected chi connectivity index (χ1v) is 13.2. The van der Waals surface area contributed by atoms with Gasteiger partial charge in [0.25, 0.3) is 0 Å². The van der Waals surface area contributed by atoms with Crippen molar-refractivity contribution in [3.8, 4) is 22.3 Å². The summed E-state index contributed by atoms with van der Waals surface area (Å²) < 4.78 is 0. The standard InChI is InChI=1S/C38H24/c1-4-12-28-25(9-1)19-22-34-31(28)15-7-17-33(34)37-24-21-27-11-3-6-14-30(27)38(37)36-18-8-16-32-29-13-5-2-10-26(29)20-23-35(32)36/h1-24H. The maximum absolute atomic E-state index is 2.32. The van der Waals surface area contributed by atoms with Gasteiger partial charge in [-0.05, 0) is 76.1 Å². The Balaban J connectivity index is 1.51. The van der Waals surface area contributed by atoms with Gasteiger partial charge in [0.1, 0.15) is 0 Å². The van der Waals surface area contributed by atoms with Crippen molar-refractivity contribution in [1.82, 2.24) is 0 Å². The third kappa shape index (κ3) is 3.11. The Morgan fingerprint density at radius 3 is 1.29 bits per heavy atom. The molecule has 8 aromatic rings. The highest BCUT2D eigenvalue weighted by molar-refractivity contribution is 6.19. The molecule has 176 valence electrons. The number of rotatable bonds is 2. The van der Waals surface area contributed by atoms with Crippen LogP contribution < -0.4 is 0 Å². The van der Waals surface area contributed by atoms with Crippen molar-refractivity contribution >= 4 is 53.9 Å². The molecule has 0 heterocycles. The number of hydrogen-bond donors (Lipinski definition) is 0. The van der Waals surface area contributed by atoms with Gasteiger partial charge in [-0.15, -0.1) is 0 Å². The second kappa shape index (κ2) is 8.30. The van der Waals surface area contributed by atoms with Crippen LogP contribution in [-0.4, -0.2) is 0 Å². The van der Waals surface area contributed by atoms with E-state index in [0.29, 0.717) is 0 Å². The topological polar surface area (TPSA) is 0 Å². The molecule has 0 aliphatic heterocycles. The van der Waals surface area contributed by atoms with Gasteiger partial charge < -0.3 is 0 Å². The zero-order valence-corrected chi connectivity index (χ0v) is 20.9. The van der Waals surface area contributed by atoms with Crippen LogP contribution >= 0.6 is 0 Å². The Hall–Kier alpha value is -4.94. The van der Waals surface area contributed by atoms with E-state index in [1.807, 2.05) is 0 Å². The van der Waals surface area contributed by atoms with E-state index in [9.17, 15) is 0 Å².